The van der Waals surface area contributed by atoms with Gasteiger partial charge in [-0.15, -0.1) is 5.10 Å². The second-order valence-corrected chi connectivity index (χ2v) is 6.71. The summed E-state index contributed by atoms with van der Waals surface area (Å²) in [5.41, 5.74) is 2.41. The number of rotatable bonds is 7. The van der Waals surface area contributed by atoms with Gasteiger partial charge in [-0.25, -0.2) is 9.67 Å². The Morgan fingerprint density at radius 1 is 1.27 bits per heavy atom. The van der Waals surface area contributed by atoms with Gasteiger partial charge in [-0.2, -0.15) is 0 Å². The number of hydrogen-bond acceptors (Lipinski definition) is 6. The maximum Gasteiger partial charge on any atom is 0.273 e. The Labute approximate surface area is 153 Å². The molecule has 140 valence electrons. The molecule has 1 amide bonds. The van der Waals surface area contributed by atoms with Gasteiger partial charge in [0.05, 0.1) is 11.7 Å². The Hall–Kier alpha value is -2.48. The monoisotopic (exact) mass is 357 g/mol. The van der Waals surface area contributed by atoms with Gasteiger partial charge in [0.25, 0.3) is 5.91 Å². The largest absolute Gasteiger partial charge is 0.370 e. The van der Waals surface area contributed by atoms with Gasteiger partial charge in [-0.05, 0) is 57.8 Å². The number of aromatic nitrogens is 4. The lowest BCUT2D eigenvalue weighted by atomic mass is 10.1. The Morgan fingerprint density at radius 2 is 2.08 bits per heavy atom. The van der Waals surface area contributed by atoms with Crippen LogP contribution >= 0.6 is 0 Å². The zero-order valence-electron chi connectivity index (χ0n) is 15.5. The van der Waals surface area contributed by atoms with Crippen molar-refractivity contribution >= 4 is 11.7 Å². The van der Waals surface area contributed by atoms with Crippen molar-refractivity contribution in [1.29, 1.82) is 0 Å². The number of pyridine rings is 1. The number of carbonyl (C=O) groups excluding carboxylic acids is 1. The second-order valence-electron chi connectivity index (χ2n) is 6.71. The Kier molecular flexibility index (Phi) is 6.17. The van der Waals surface area contributed by atoms with Crippen molar-refractivity contribution in [3.8, 4) is 0 Å². The molecule has 3 N–H and O–H groups in total. The molecule has 0 aliphatic carbocycles. The van der Waals surface area contributed by atoms with Crippen molar-refractivity contribution in [1.82, 2.24) is 30.6 Å². The molecule has 1 aliphatic heterocycles. The van der Waals surface area contributed by atoms with E-state index in [2.05, 4.69) is 31.2 Å². The Balaban J connectivity index is 1.43. The van der Waals surface area contributed by atoms with E-state index in [1.165, 1.54) is 0 Å². The number of nitrogens with one attached hydrogen (secondary N) is 3. The molecule has 1 fully saturated rings. The van der Waals surface area contributed by atoms with Crippen LogP contribution in [0.25, 0.3) is 0 Å². The molecule has 26 heavy (non-hydrogen) atoms. The van der Waals surface area contributed by atoms with Crippen molar-refractivity contribution in [2.45, 2.75) is 39.2 Å². The minimum absolute atomic E-state index is 0.156. The summed E-state index contributed by atoms with van der Waals surface area (Å²) < 4.78 is 1.90. The van der Waals surface area contributed by atoms with E-state index in [0.717, 1.165) is 56.0 Å². The molecule has 0 radical (unpaired) electrons. The van der Waals surface area contributed by atoms with Crippen molar-refractivity contribution in [3.05, 3.63) is 35.3 Å². The van der Waals surface area contributed by atoms with Crippen LogP contribution in [0.3, 0.4) is 0 Å². The van der Waals surface area contributed by atoms with Gasteiger partial charge < -0.3 is 16.0 Å². The van der Waals surface area contributed by atoms with Crippen LogP contribution in [-0.4, -0.2) is 52.1 Å². The van der Waals surface area contributed by atoms with Crippen LogP contribution in [0.1, 0.15) is 47.1 Å². The number of aryl methyl sites for hydroxylation is 1. The lowest BCUT2D eigenvalue weighted by Crippen LogP contribution is -2.30. The summed E-state index contributed by atoms with van der Waals surface area (Å²) in [7, 11) is 0. The van der Waals surface area contributed by atoms with Gasteiger partial charge in [-0.1, -0.05) is 11.3 Å². The lowest BCUT2D eigenvalue weighted by molar-refractivity contribution is 0.0948. The van der Waals surface area contributed by atoms with E-state index in [1.54, 1.807) is 0 Å². The molecule has 8 nitrogen and oxygen atoms in total. The third kappa shape index (κ3) is 4.57. The van der Waals surface area contributed by atoms with Gasteiger partial charge >= 0.3 is 0 Å². The van der Waals surface area contributed by atoms with E-state index in [1.807, 2.05) is 36.9 Å². The average Bonchev–Trinajstić information content (AvgIpc) is 3.05. The summed E-state index contributed by atoms with van der Waals surface area (Å²) in [6.45, 7) is 7.22. The predicted octanol–water partition coefficient (Wildman–Crippen LogP) is 1.45. The van der Waals surface area contributed by atoms with E-state index in [0.29, 0.717) is 18.3 Å². The van der Waals surface area contributed by atoms with Crippen molar-refractivity contribution < 1.29 is 4.79 Å². The number of hydrogen-bond donors (Lipinski definition) is 3. The first-order valence-corrected chi connectivity index (χ1v) is 9.22. The minimum Gasteiger partial charge on any atom is -0.370 e. The molecule has 0 spiro atoms. The first kappa shape index (κ1) is 18.3. The number of anilines is 1. The number of carbonyl (C=O) groups is 1. The highest BCUT2D eigenvalue weighted by Crippen LogP contribution is 2.20. The molecule has 0 saturated carbocycles. The van der Waals surface area contributed by atoms with E-state index < -0.39 is 0 Å². The smallest absolute Gasteiger partial charge is 0.273 e. The molecule has 1 aliphatic rings. The maximum atomic E-state index is 12.4. The van der Waals surface area contributed by atoms with Crippen LogP contribution in [0.4, 0.5) is 5.82 Å². The molecule has 0 bridgehead atoms. The standard InChI is InChI=1S/C18H27N7O/c1-13-4-5-16(22-12-13)20-8-3-9-21-18(26)17-14(2)25(24-23-17)15-6-10-19-11-7-15/h4-5,12,15,19H,3,6-11H2,1-2H3,(H,20,22)(H,21,26). The Morgan fingerprint density at radius 3 is 2.81 bits per heavy atom. The van der Waals surface area contributed by atoms with E-state index in [-0.39, 0.29) is 5.91 Å². The van der Waals surface area contributed by atoms with Crippen LogP contribution < -0.4 is 16.0 Å². The predicted molar refractivity (Wildman–Crippen MR) is 100 cm³/mol. The molecule has 0 unspecified atom stereocenters. The fraction of sp³-hybridized carbons (Fsp3) is 0.556. The highest BCUT2D eigenvalue weighted by molar-refractivity contribution is 5.93. The zero-order chi connectivity index (χ0) is 18.4. The summed E-state index contributed by atoms with van der Waals surface area (Å²) in [6, 6.07) is 4.30. The molecule has 2 aromatic rings. The molecule has 2 aromatic heterocycles. The minimum atomic E-state index is -0.156. The van der Waals surface area contributed by atoms with Gasteiger partial charge in [0.15, 0.2) is 5.69 Å². The SMILES string of the molecule is Cc1ccc(NCCCNC(=O)c2nnn(C3CCNCC3)c2C)nc1. The van der Waals surface area contributed by atoms with E-state index >= 15 is 0 Å². The van der Waals surface area contributed by atoms with Gasteiger partial charge in [0.1, 0.15) is 5.82 Å². The van der Waals surface area contributed by atoms with Gasteiger partial charge in [0, 0.05) is 19.3 Å². The summed E-state index contributed by atoms with van der Waals surface area (Å²) in [6.07, 6.45) is 4.68. The number of piperidine rings is 1. The summed E-state index contributed by atoms with van der Waals surface area (Å²) in [5.74, 6) is 0.693. The molecule has 1 saturated heterocycles. The molecular weight excluding hydrogens is 330 g/mol. The van der Waals surface area contributed by atoms with Crippen LogP contribution in [-0.2, 0) is 0 Å². The van der Waals surface area contributed by atoms with Crippen LogP contribution in [0.15, 0.2) is 18.3 Å². The molecule has 3 heterocycles. The normalized spacial score (nSPS) is 15.0. The highest BCUT2D eigenvalue weighted by Gasteiger charge is 2.22. The summed E-state index contributed by atoms with van der Waals surface area (Å²) in [4.78, 5) is 16.7. The first-order valence-electron chi connectivity index (χ1n) is 9.22. The second kappa shape index (κ2) is 8.75. The van der Waals surface area contributed by atoms with Crippen molar-refractivity contribution in [2.75, 3.05) is 31.5 Å². The van der Waals surface area contributed by atoms with Gasteiger partial charge in [0.2, 0.25) is 0 Å². The van der Waals surface area contributed by atoms with Crippen LogP contribution in [0.2, 0.25) is 0 Å². The summed E-state index contributed by atoms with van der Waals surface area (Å²) >= 11 is 0. The molecular formula is C18H27N7O. The molecule has 0 aromatic carbocycles. The fourth-order valence-electron chi connectivity index (χ4n) is 3.11. The Bertz CT molecular complexity index is 720. The van der Waals surface area contributed by atoms with E-state index in [4.69, 9.17) is 0 Å². The van der Waals surface area contributed by atoms with Crippen LogP contribution in [0, 0.1) is 13.8 Å². The summed E-state index contributed by atoms with van der Waals surface area (Å²) in [5, 5.41) is 17.8. The maximum absolute atomic E-state index is 12.4. The third-order valence-corrected chi connectivity index (χ3v) is 4.65. The molecule has 3 rings (SSSR count). The molecule has 0 atom stereocenters. The van der Waals surface area contributed by atoms with Gasteiger partial charge in [-0.3, -0.25) is 4.79 Å². The van der Waals surface area contributed by atoms with E-state index in [9.17, 15) is 4.79 Å². The van der Waals surface area contributed by atoms with Crippen LogP contribution in [0.5, 0.6) is 0 Å². The lowest BCUT2D eigenvalue weighted by Gasteiger charge is -2.23. The topological polar surface area (TPSA) is 96.8 Å². The zero-order valence-corrected chi connectivity index (χ0v) is 15.5. The average molecular weight is 357 g/mol. The third-order valence-electron chi connectivity index (χ3n) is 4.65. The van der Waals surface area contributed by atoms with Crippen molar-refractivity contribution in [2.24, 2.45) is 0 Å². The van der Waals surface area contributed by atoms with Crippen molar-refractivity contribution in [3.63, 3.8) is 0 Å². The number of amides is 1. The fourth-order valence-corrected chi connectivity index (χ4v) is 3.11. The number of nitrogens with zero attached hydrogens (tertiary/aromatic N) is 4. The quantitative estimate of drug-likeness (QED) is 0.649. The molecule has 8 heteroatoms. The first-order chi connectivity index (χ1) is 12.6. The highest BCUT2D eigenvalue weighted by atomic mass is 16.2.